The number of esters is 1. The molecule has 0 spiro atoms. The van der Waals surface area contributed by atoms with Crippen LogP contribution in [0.3, 0.4) is 0 Å². The van der Waals surface area contributed by atoms with Crippen LogP contribution in [0.1, 0.15) is 66.9 Å². The predicted octanol–water partition coefficient (Wildman–Crippen LogP) is 11.0. The van der Waals surface area contributed by atoms with Gasteiger partial charge in [0.15, 0.2) is 0 Å². The fourth-order valence-corrected chi connectivity index (χ4v) is 4.07. The summed E-state index contributed by atoms with van der Waals surface area (Å²) in [5, 5.41) is 0. The van der Waals surface area contributed by atoms with Crippen LogP contribution in [-0.2, 0) is 4.74 Å². The van der Waals surface area contributed by atoms with Crippen LogP contribution < -0.4 is 4.74 Å². The number of hydrogen-bond donors (Lipinski definition) is 0. The molecule has 0 amide bonds. The van der Waals surface area contributed by atoms with Crippen molar-refractivity contribution in [2.45, 2.75) is 93.1 Å². The van der Waals surface area contributed by atoms with E-state index in [1.165, 1.54) is 12.1 Å². The van der Waals surface area contributed by atoms with Crippen molar-refractivity contribution in [3.8, 4) is 17.6 Å². The topological polar surface area (TPSA) is 35.5 Å². The molecule has 292 valence electrons. The summed E-state index contributed by atoms with van der Waals surface area (Å²) in [7, 11) is 0. The Morgan fingerprint density at radius 2 is 0.962 bits per heavy atom. The molecule has 52 heavy (non-hydrogen) atoms. The van der Waals surface area contributed by atoms with Crippen molar-refractivity contribution in [1.29, 1.82) is 0 Å². The van der Waals surface area contributed by atoms with Gasteiger partial charge in [0.05, 0.1) is 25.2 Å². The first-order valence-corrected chi connectivity index (χ1v) is 14.9. The molecule has 0 N–H and O–H groups in total. The van der Waals surface area contributed by atoms with Crippen LogP contribution in [0.4, 0.5) is 74.6 Å². The molecule has 0 atom stereocenters. The van der Waals surface area contributed by atoms with Crippen molar-refractivity contribution in [3.05, 3.63) is 65.2 Å². The molecule has 2 aromatic rings. The third-order valence-corrected chi connectivity index (χ3v) is 7.28. The molecule has 20 heteroatoms. The Kier molecular flexibility index (Phi) is 13.6. The SMILES string of the molecule is CCCCCCCOc1ccc(C#Cc2ccc(C(=O)OCCC(F)(F)C(F)(F)C(F)(F)C(F)(F)C(F)(F)C(F)(F)C(F)(F)C(F)(F)F)cc2)cc1. The average molecular weight is 783 g/mol. The number of rotatable bonds is 17. The minimum absolute atomic E-state index is 0.258. The zero-order valence-electron chi connectivity index (χ0n) is 26.4. The first-order valence-electron chi connectivity index (χ1n) is 14.9. The minimum Gasteiger partial charge on any atom is -0.494 e. The third kappa shape index (κ3) is 8.81. The first kappa shape index (κ1) is 44.2. The molecule has 0 aliphatic carbocycles. The van der Waals surface area contributed by atoms with Gasteiger partial charge in [-0.3, -0.25) is 0 Å². The highest BCUT2D eigenvalue weighted by molar-refractivity contribution is 5.89. The van der Waals surface area contributed by atoms with E-state index in [2.05, 4.69) is 23.5 Å². The number of unbranched alkanes of at least 4 members (excludes halogenated alkanes) is 4. The number of alkyl halides is 17. The Morgan fingerprint density at radius 1 is 0.538 bits per heavy atom. The van der Waals surface area contributed by atoms with Crippen molar-refractivity contribution in [1.82, 2.24) is 0 Å². The van der Waals surface area contributed by atoms with E-state index >= 15 is 0 Å². The van der Waals surface area contributed by atoms with Crippen LogP contribution in [-0.4, -0.2) is 66.8 Å². The molecular formula is C32H27F17O3. The maximum Gasteiger partial charge on any atom is 0.460 e. The molecule has 2 rings (SSSR count). The highest BCUT2D eigenvalue weighted by atomic mass is 19.4. The summed E-state index contributed by atoms with van der Waals surface area (Å²) in [6, 6.07) is 10.9. The van der Waals surface area contributed by atoms with Crippen molar-refractivity contribution in [3.63, 3.8) is 0 Å². The Labute approximate surface area is 284 Å². The van der Waals surface area contributed by atoms with Gasteiger partial charge in [-0.05, 0) is 55.0 Å². The van der Waals surface area contributed by atoms with E-state index in [1.54, 1.807) is 24.3 Å². The van der Waals surface area contributed by atoms with Crippen LogP contribution >= 0.6 is 0 Å². The molecule has 3 nitrogen and oxygen atoms in total. The lowest BCUT2D eigenvalue weighted by Gasteiger charge is -2.42. The van der Waals surface area contributed by atoms with E-state index in [4.69, 9.17) is 4.74 Å². The van der Waals surface area contributed by atoms with Gasteiger partial charge in [-0.1, -0.05) is 44.4 Å². The zero-order valence-corrected chi connectivity index (χ0v) is 26.4. The average Bonchev–Trinajstić information content (AvgIpc) is 3.05. The maximum absolute atomic E-state index is 14.1. The number of hydrogen-bond acceptors (Lipinski definition) is 3. The lowest BCUT2D eigenvalue weighted by Crippen LogP contribution is -2.74. The summed E-state index contributed by atoms with van der Waals surface area (Å²) in [6.07, 6.45) is -5.44. The Morgan fingerprint density at radius 3 is 1.42 bits per heavy atom. The second kappa shape index (κ2) is 16.0. The second-order valence-corrected chi connectivity index (χ2v) is 11.1. The van der Waals surface area contributed by atoms with E-state index in [-0.39, 0.29) is 5.56 Å². The lowest BCUT2D eigenvalue weighted by molar-refractivity contribution is -0.461. The Bertz CT molecular complexity index is 1540. The van der Waals surface area contributed by atoms with Gasteiger partial charge in [-0.25, -0.2) is 4.79 Å². The fourth-order valence-electron chi connectivity index (χ4n) is 4.07. The highest BCUT2D eigenvalue weighted by Crippen LogP contribution is 2.64. The number of halogens is 17. The van der Waals surface area contributed by atoms with E-state index in [0.29, 0.717) is 17.9 Å². The summed E-state index contributed by atoms with van der Waals surface area (Å²) in [4.78, 5) is 12.1. The summed E-state index contributed by atoms with van der Waals surface area (Å²) >= 11 is 0. The molecule has 0 aromatic heterocycles. The van der Waals surface area contributed by atoms with Gasteiger partial charge in [0.2, 0.25) is 0 Å². The van der Waals surface area contributed by atoms with Crippen molar-refractivity contribution >= 4 is 5.97 Å². The molecule has 0 unspecified atom stereocenters. The fraction of sp³-hybridized carbons (Fsp3) is 0.531. The van der Waals surface area contributed by atoms with E-state index in [1.807, 2.05) is 0 Å². The van der Waals surface area contributed by atoms with Crippen LogP contribution in [0.5, 0.6) is 5.75 Å². The molecule has 0 saturated heterocycles. The molecule has 0 aliphatic rings. The molecule has 0 radical (unpaired) electrons. The summed E-state index contributed by atoms with van der Waals surface area (Å²) in [6.45, 7) is 0.585. The maximum atomic E-state index is 14.1. The number of benzene rings is 2. The molecule has 0 aliphatic heterocycles. The second-order valence-electron chi connectivity index (χ2n) is 11.1. The van der Waals surface area contributed by atoms with Crippen molar-refractivity contribution < 1.29 is 88.9 Å². The standard InChI is InChI=1S/C32H27F17O3/c1-2-3-4-5-6-18-51-23-15-11-21(12-16-23)8-7-20-9-13-22(14-10-20)24(50)52-19-17-25(33,34)26(35,36)27(37,38)28(39,40)29(41,42)30(43,44)31(45,46)32(47,48)49/h9-16H,2-6,17-19H2,1H3. The van der Waals surface area contributed by atoms with Gasteiger partial charge in [0.25, 0.3) is 0 Å². The molecule has 0 saturated carbocycles. The van der Waals surface area contributed by atoms with Gasteiger partial charge in [0.1, 0.15) is 5.75 Å². The molecule has 0 fully saturated rings. The van der Waals surface area contributed by atoms with Crippen molar-refractivity contribution in [2.24, 2.45) is 0 Å². The van der Waals surface area contributed by atoms with E-state index in [0.717, 1.165) is 44.2 Å². The van der Waals surface area contributed by atoms with Gasteiger partial charge in [-0.2, -0.15) is 74.6 Å². The Hall–Kier alpha value is -3.92. The Balaban J connectivity index is 2.07. The van der Waals surface area contributed by atoms with Crippen LogP contribution in [0, 0.1) is 11.8 Å². The summed E-state index contributed by atoms with van der Waals surface area (Å²) in [5.41, 5.74) is 0.298. The molecule has 0 bridgehead atoms. The van der Waals surface area contributed by atoms with Crippen LogP contribution in [0.2, 0.25) is 0 Å². The molecule has 0 heterocycles. The predicted molar refractivity (Wildman–Crippen MR) is 149 cm³/mol. The number of ether oxygens (including phenoxy) is 2. The van der Waals surface area contributed by atoms with Crippen molar-refractivity contribution in [2.75, 3.05) is 13.2 Å². The zero-order chi connectivity index (χ0) is 40.0. The third-order valence-electron chi connectivity index (χ3n) is 7.28. The van der Waals surface area contributed by atoms with Gasteiger partial charge in [-0.15, -0.1) is 0 Å². The van der Waals surface area contributed by atoms with Gasteiger partial charge < -0.3 is 9.47 Å². The number of carbonyl (C=O) groups is 1. The minimum atomic E-state index is -8.71. The van der Waals surface area contributed by atoms with Gasteiger partial charge >= 0.3 is 53.6 Å². The molecular weight excluding hydrogens is 755 g/mol. The lowest BCUT2D eigenvalue weighted by atomic mass is 9.88. The first-order chi connectivity index (χ1) is 23.6. The largest absolute Gasteiger partial charge is 0.494 e. The van der Waals surface area contributed by atoms with E-state index in [9.17, 15) is 79.4 Å². The monoisotopic (exact) mass is 782 g/mol. The van der Waals surface area contributed by atoms with Gasteiger partial charge in [0, 0.05) is 11.1 Å². The number of carbonyl (C=O) groups excluding carboxylic acids is 1. The quantitative estimate of drug-likeness (QED) is 0.0694. The normalized spacial score (nSPS) is 13.7. The van der Waals surface area contributed by atoms with Crippen LogP contribution in [0.15, 0.2) is 48.5 Å². The highest BCUT2D eigenvalue weighted by Gasteiger charge is 2.95. The molecule has 2 aromatic carbocycles. The summed E-state index contributed by atoms with van der Waals surface area (Å²) < 4.78 is 237. The van der Waals surface area contributed by atoms with E-state index < -0.39 is 72.2 Å². The summed E-state index contributed by atoms with van der Waals surface area (Å²) in [5.74, 6) is -52.6. The van der Waals surface area contributed by atoms with Crippen LogP contribution in [0.25, 0.3) is 0 Å². The smallest absolute Gasteiger partial charge is 0.460 e.